The fraction of sp³-hybridized carbons (Fsp3) is 0.600. The fourth-order valence-corrected chi connectivity index (χ4v) is 4.58. The van der Waals surface area contributed by atoms with Crippen LogP contribution in [0.2, 0.25) is 0 Å². The number of fused-ring (bicyclic) bond motifs is 1. The summed E-state index contributed by atoms with van der Waals surface area (Å²) in [7, 11) is 1.75. The Balaban J connectivity index is 1.35. The quantitative estimate of drug-likeness (QED) is 0.552. The van der Waals surface area contributed by atoms with Crippen LogP contribution in [0.3, 0.4) is 0 Å². The van der Waals surface area contributed by atoms with Gasteiger partial charge < -0.3 is 20.7 Å². The summed E-state index contributed by atoms with van der Waals surface area (Å²) >= 11 is 1.36. The van der Waals surface area contributed by atoms with Crippen molar-refractivity contribution in [1.82, 2.24) is 20.4 Å². The molecule has 2 saturated heterocycles. The maximum atomic E-state index is 12.6. The fourth-order valence-electron chi connectivity index (χ4n) is 3.93. The van der Waals surface area contributed by atoms with Crippen LogP contribution in [-0.2, 0) is 20.7 Å². The van der Waals surface area contributed by atoms with E-state index in [0.717, 1.165) is 11.4 Å². The first-order valence-electron chi connectivity index (χ1n) is 7.98. The third kappa shape index (κ3) is 2.30. The van der Waals surface area contributed by atoms with Crippen LogP contribution in [0.25, 0.3) is 0 Å². The van der Waals surface area contributed by atoms with Crippen molar-refractivity contribution >= 4 is 28.3 Å². The van der Waals surface area contributed by atoms with Crippen LogP contribution in [0.15, 0.2) is 12.2 Å². The number of hydrogen-bond acceptors (Lipinski definition) is 7. The lowest BCUT2D eigenvalue weighted by atomic mass is 9.77. The van der Waals surface area contributed by atoms with Crippen LogP contribution < -0.4 is 11.1 Å². The van der Waals surface area contributed by atoms with Crippen molar-refractivity contribution in [3.8, 4) is 0 Å². The van der Waals surface area contributed by atoms with Crippen LogP contribution in [0.5, 0.6) is 0 Å². The second-order valence-corrected chi connectivity index (χ2v) is 7.62. The molecule has 2 fully saturated rings. The molecule has 4 heterocycles. The van der Waals surface area contributed by atoms with E-state index in [1.165, 1.54) is 11.3 Å². The lowest BCUT2D eigenvalue weighted by Gasteiger charge is -2.23. The van der Waals surface area contributed by atoms with Gasteiger partial charge in [-0.15, -0.1) is 10.2 Å². The highest BCUT2D eigenvalue weighted by atomic mass is 32.1. The first-order chi connectivity index (χ1) is 11.5. The number of nitrogens with two attached hydrogens (primary N) is 1. The molecule has 8 nitrogen and oxygen atoms in total. The Hall–Kier alpha value is -2.00. The molecule has 1 aromatic heterocycles. The molecule has 1 spiro atoms. The van der Waals surface area contributed by atoms with Gasteiger partial charge in [-0.3, -0.25) is 9.59 Å². The SMILES string of the molecule is CN1C[C@]23C=C[C@H](O2)[C@H](C(=O)NCCCc2nnc(N)s2)[C@@H]3C1=O. The maximum Gasteiger partial charge on any atom is 0.229 e. The molecule has 0 radical (unpaired) electrons. The van der Waals surface area contributed by atoms with E-state index in [2.05, 4.69) is 15.5 Å². The van der Waals surface area contributed by atoms with E-state index in [-0.39, 0.29) is 17.9 Å². The van der Waals surface area contributed by atoms with Crippen LogP contribution in [0.1, 0.15) is 11.4 Å². The van der Waals surface area contributed by atoms with E-state index in [4.69, 9.17) is 10.5 Å². The van der Waals surface area contributed by atoms with Crippen molar-refractivity contribution in [3.63, 3.8) is 0 Å². The molecule has 0 unspecified atom stereocenters. The first kappa shape index (κ1) is 15.5. The Labute approximate surface area is 143 Å². The number of carbonyl (C=O) groups excluding carboxylic acids is 2. The maximum absolute atomic E-state index is 12.6. The van der Waals surface area contributed by atoms with Crippen molar-refractivity contribution in [3.05, 3.63) is 17.2 Å². The third-order valence-electron chi connectivity index (χ3n) is 4.94. The van der Waals surface area contributed by atoms with Crippen molar-refractivity contribution in [2.24, 2.45) is 11.8 Å². The summed E-state index contributed by atoms with van der Waals surface area (Å²) in [5.41, 5.74) is 4.93. The zero-order chi connectivity index (χ0) is 16.9. The highest BCUT2D eigenvalue weighted by Crippen LogP contribution is 2.51. The van der Waals surface area contributed by atoms with Gasteiger partial charge in [0.2, 0.25) is 16.9 Å². The molecular formula is C15H19N5O3S. The van der Waals surface area contributed by atoms with Crippen molar-refractivity contribution < 1.29 is 14.3 Å². The Bertz CT molecular complexity index is 720. The lowest BCUT2D eigenvalue weighted by Crippen LogP contribution is -2.44. The van der Waals surface area contributed by atoms with Crippen molar-refractivity contribution in [2.75, 3.05) is 25.9 Å². The number of amides is 2. The van der Waals surface area contributed by atoms with E-state index in [1.54, 1.807) is 11.9 Å². The van der Waals surface area contributed by atoms with E-state index in [1.807, 2.05) is 12.2 Å². The van der Waals surface area contributed by atoms with Crippen molar-refractivity contribution in [2.45, 2.75) is 24.5 Å². The van der Waals surface area contributed by atoms with Gasteiger partial charge in [-0.1, -0.05) is 23.5 Å². The number of nitrogens with zero attached hydrogens (tertiary/aromatic N) is 3. The predicted molar refractivity (Wildman–Crippen MR) is 87.0 cm³/mol. The van der Waals surface area contributed by atoms with Gasteiger partial charge >= 0.3 is 0 Å². The standard InChI is InChI=1S/C15H19N5O3S/c1-20-7-15-5-4-8(23-15)10(11(15)13(20)22)12(21)17-6-2-3-9-18-19-14(16)24-9/h4-5,8,10-11H,2-3,6-7H2,1H3,(H2,16,19)(H,17,21)/t8-,10-,11+,15-/m0/s1. The van der Waals surface area contributed by atoms with Crippen LogP contribution >= 0.6 is 11.3 Å². The summed E-state index contributed by atoms with van der Waals surface area (Å²) in [4.78, 5) is 26.7. The molecule has 4 atom stereocenters. The van der Waals surface area contributed by atoms with E-state index in [0.29, 0.717) is 24.6 Å². The van der Waals surface area contributed by atoms with Gasteiger partial charge in [-0.25, -0.2) is 0 Å². The summed E-state index contributed by atoms with van der Waals surface area (Å²) in [6, 6.07) is 0. The van der Waals surface area contributed by atoms with E-state index < -0.39 is 17.4 Å². The van der Waals surface area contributed by atoms with Gasteiger partial charge in [0.15, 0.2) is 0 Å². The zero-order valence-electron chi connectivity index (χ0n) is 13.3. The highest BCUT2D eigenvalue weighted by molar-refractivity contribution is 7.15. The molecule has 3 N–H and O–H groups in total. The van der Waals surface area contributed by atoms with Crippen LogP contribution in [-0.4, -0.2) is 58.8 Å². The van der Waals surface area contributed by atoms with Gasteiger partial charge in [0.25, 0.3) is 0 Å². The van der Waals surface area contributed by atoms with Crippen molar-refractivity contribution in [1.29, 1.82) is 0 Å². The molecule has 1 aromatic rings. The topological polar surface area (TPSA) is 110 Å². The van der Waals surface area contributed by atoms with Crippen LogP contribution in [0, 0.1) is 11.8 Å². The molecule has 128 valence electrons. The molecule has 4 rings (SSSR count). The molecule has 3 aliphatic rings. The summed E-state index contributed by atoms with van der Waals surface area (Å²) in [5.74, 6) is -0.965. The molecule has 0 aliphatic carbocycles. The number of likely N-dealkylation sites (tertiary alicyclic amines) is 1. The highest BCUT2D eigenvalue weighted by Gasteiger charge is 2.66. The Morgan fingerprint density at radius 1 is 1.58 bits per heavy atom. The Morgan fingerprint density at radius 2 is 2.42 bits per heavy atom. The lowest BCUT2D eigenvalue weighted by molar-refractivity contribution is -0.136. The minimum absolute atomic E-state index is 0.00802. The molecule has 3 aliphatic heterocycles. The normalized spacial score (nSPS) is 33.3. The third-order valence-corrected chi connectivity index (χ3v) is 5.75. The van der Waals surface area contributed by atoms with E-state index >= 15 is 0 Å². The molecule has 2 amide bonds. The number of nitrogens with one attached hydrogen (secondary N) is 1. The number of aryl methyl sites for hydroxylation is 1. The minimum atomic E-state index is -0.609. The van der Waals surface area contributed by atoms with Gasteiger partial charge in [0.05, 0.1) is 24.5 Å². The summed E-state index contributed by atoms with van der Waals surface area (Å²) in [5, 5.41) is 12.0. The number of anilines is 1. The Morgan fingerprint density at radius 3 is 3.17 bits per heavy atom. The number of nitrogen functional groups attached to an aromatic ring is 1. The van der Waals surface area contributed by atoms with Gasteiger partial charge in [0.1, 0.15) is 10.6 Å². The summed E-state index contributed by atoms with van der Waals surface area (Å²) < 4.78 is 5.97. The molecule has 9 heteroatoms. The molecular weight excluding hydrogens is 330 g/mol. The molecule has 2 bridgehead atoms. The smallest absolute Gasteiger partial charge is 0.229 e. The second-order valence-electron chi connectivity index (χ2n) is 6.52. The number of likely N-dealkylation sites (N-methyl/N-ethyl adjacent to an activating group) is 1. The number of carbonyl (C=O) groups is 2. The molecule has 0 aromatic carbocycles. The van der Waals surface area contributed by atoms with Gasteiger partial charge in [-0.05, 0) is 6.42 Å². The molecule has 24 heavy (non-hydrogen) atoms. The predicted octanol–water partition coefficient (Wildman–Crippen LogP) is -0.419. The summed E-state index contributed by atoms with van der Waals surface area (Å²) in [6.45, 7) is 1.04. The summed E-state index contributed by atoms with van der Waals surface area (Å²) in [6.07, 6.45) is 5.03. The van der Waals surface area contributed by atoms with Crippen LogP contribution in [0.4, 0.5) is 5.13 Å². The van der Waals surface area contributed by atoms with Gasteiger partial charge in [0, 0.05) is 20.0 Å². The average molecular weight is 349 g/mol. The first-order valence-corrected chi connectivity index (χ1v) is 8.79. The molecule has 0 saturated carbocycles. The largest absolute Gasteiger partial charge is 0.374 e. The number of ether oxygens (including phenoxy) is 1. The number of aromatic nitrogens is 2. The number of rotatable bonds is 5. The minimum Gasteiger partial charge on any atom is -0.374 e. The average Bonchev–Trinajstić information content (AvgIpc) is 3.26. The monoisotopic (exact) mass is 349 g/mol. The van der Waals surface area contributed by atoms with E-state index in [9.17, 15) is 9.59 Å². The van der Waals surface area contributed by atoms with Gasteiger partial charge in [-0.2, -0.15) is 0 Å². The Kier molecular flexibility index (Phi) is 3.57. The zero-order valence-corrected chi connectivity index (χ0v) is 14.1. The number of hydrogen-bond donors (Lipinski definition) is 2. The second kappa shape index (κ2) is 5.52.